The first-order valence-corrected chi connectivity index (χ1v) is 13.1. The van der Waals surface area contributed by atoms with E-state index in [0.717, 1.165) is 5.69 Å². The number of methoxy groups -OCH3 is 6. The van der Waals surface area contributed by atoms with Crippen LogP contribution in [0.4, 0.5) is 17.1 Å². The average Bonchev–Trinajstić information content (AvgIpc) is 3.03. The Hall–Kier alpha value is -4.84. The van der Waals surface area contributed by atoms with Crippen LogP contribution in [0.3, 0.4) is 0 Å². The van der Waals surface area contributed by atoms with E-state index >= 15 is 0 Å². The summed E-state index contributed by atoms with van der Waals surface area (Å²) in [7, 11) is 8.90. The summed E-state index contributed by atoms with van der Waals surface area (Å²) >= 11 is 0. The van der Waals surface area contributed by atoms with Crippen LogP contribution in [-0.2, 0) is 4.74 Å². The van der Waals surface area contributed by atoms with Gasteiger partial charge in [-0.15, -0.1) is 0 Å². The number of nitrogens with zero attached hydrogens (tertiary/aromatic N) is 1. The summed E-state index contributed by atoms with van der Waals surface area (Å²) in [4.78, 5) is 28.9. The van der Waals surface area contributed by atoms with E-state index in [0.29, 0.717) is 83.3 Å². The molecule has 0 radical (unpaired) electrons. The molecule has 0 saturated carbocycles. The number of anilines is 3. The molecule has 0 atom stereocenters. The van der Waals surface area contributed by atoms with E-state index < -0.39 is 11.8 Å². The molecule has 4 rings (SSSR count). The van der Waals surface area contributed by atoms with Gasteiger partial charge in [-0.25, -0.2) is 0 Å². The van der Waals surface area contributed by atoms with Crippen LogP contribution in [-0.4, -0.2) is 80.8 Å². The maximum Gasteiger partial charge on any atom is 0.255 e. The zero-order chi connectivity index (χ0) is 30.2. The van der Waals surface area contributed by atoms with E-state index in [1.54, 1.807) is 36.4 Å². The first-order chi connectivity index (χ1) is 20.4. The van der Waals surface area contributed by atoms with Crippen LogP contribution in [0.5, 0.6) is 34.5 Å². The molecule has 12 nitrogen and oxygen atoms in total. The van der Waals surface area contributed by atoms with E-state index in [2.05, 4.69) is 15.5 Å². The van der Waals surface area contributed by atoms with Crippen LogP contribution in [0.2, 0.25) is 0 Å². The van der Waals surface area contributed by atoms with Crippen molar-refractivity contribution in [3.63, 3.8) is 0 Å². The van der Waals surface area contributed by atoms with Crippen LogP contribution in [0, 0.1) is 0 Å². The monoisotopic (exact) mass is 581 g/mol. The average molecular weight is 582 g/mol. The SMILES string of the molecule is COc1cc(C(=O)Nc2ccc(N3CCOCC3)c(NC(=O)c3cc(OC)c(OC)c(OC)c3)c2)cc(OC)c1OC. The molecule has 0 spiro atoms. The van der Waals surface area contributed by atoms with Crippen molar-refractivity contribution < 1.29 is 42.7 Å². The third kappa shape index (κ3) is 6.39. The Kier molecular flexibility index (Phi) is 9.81. The van der Waals surface area contributed by atoms with Crippen molar-refractivity contribution in [2.75, 3.05) is 84.5 Å². The van der Waals surface area contributed by atoms with E-state index in [-0.39, 0.29) is 0 Å². The molecule has 3 aromatic rings. The lowest BCUT2D eigenvalue weighted by Crippen LogP contribution is -2.36. The van der Waals surface area contributed by atoms with Gasteiger partial charge in [0.1, 0.15) is 0 Å². The van der Waals surface area contributed by atoms with Gasteiger partial charge in [0.15, 0.2) is 23.0 Å². The Morgan fingerprint density at radius 3 is 1.52 bits per heavy atom. The minimum atomic E-state index is -0.407. The molecule has 1 aliphatic heterocycles. The second kappa shape index (κ2) is 13.7. The molecule has 1 heterocycles. The number of benzene rings is 3. The van der Waals surface area contributed by atoms with Gasteiger partial charge in [-0.05, 0) is 42.5 Å². The molecule has 2 N–H and O–H groups in total. The summed E-state index contributed by atoms with van der Waals surface area (Å²) in [6.45, 7) is 2.40. The largest absolute Gasteiger partial charge is 0.493 e. The summed E-state index contributed by atoms with van der Waals surface area (Å²) in [6.07, 6.45) is 0. The number of nitrogens with one attached hydrogen (secondary N) is 2. The predicted molar refractivity (Wildman–Crippen MR) is 158 cm³/mol. The summed E-state index contributed by atoms with van der Waals surface area (Å²) in [5, 5.41) is 5.88. The topological polar surface area (TPSA) is 126 Å². The fourth-order valence-corrected chi connectivity index (χ4v) is 4.62. The Morgan fingerprint density at radius 2 is 1.10 bits per heavy atom. The first-order valence-electron chi connectivity index (χ1n) is 13.1. The molecule has 224 valence electrons. The van der Waals surface area contributed by atoms with Gasteiger partial charge in [0.2, 0.25) is 11.5 Å². The quantitative estimate of drug-likeness (QED) is 0.342. The molecular weight excluding hydrogens is 546 g/mol. The van der Waals surface area contributed by atoms with Crippen molar-refractivity contribution in [3.05, 3.63) is 53.6 Å². The Labute approximate surface area is 244 Å². The lowest BCUT2D eigenvalue weighted by atomic mass is 10.1. The normalized spacial score (nSPS) is 12.7. The molecule has 2 amide bonds. The summed E-state index contributed by atoms with van der Waals surface area (Å²) < 4.78 is 37.8. The second-order valence-corrected chi connectivity index (χ2v) is 9.07. The highest BCUT2D eigenvalue weighted by molar-refractivity contribution is 6.08. The minimum absolute atomic E-state index is 0.296. The number of ether oxygens (including phenoxy) is 7. The zero-order valence-corrected chi connectivity index (χ0v) is 24.5. The molecule has 0 aromatic heterocycles. The molecule has 0 bridgehead atoms. The van der Waals surface area contributed by atoms with Gasteiger partial charge >= 0.3 is 0 Å². The maximum absolute atomic E-state index is 13.5. The summed E-state index contributed by atoms with van der Waals surface area (Å²) in [5.74, 6) is 1.34. The van der Waals surface area contributed by atoms with Gasteiger partial charge in [-0.3, -0.25) is 9.59 Å². The molecule has 0 unspecified atom stereocenters. The van der Waals surface area contributed by atoms with Crippen molar-refractivity contribution in [2.45, 2.75) is 0 Å². The van der Waals surface area contributed by atoms with Crippen molar-refractivity contribution in [2.24, 2.45) is 0 Å². The number of rotatable bonds is 11. The third-order valence-electron chi connectivity index (χ3n) is 6.71. The Bertz CT molecular complexity index is 1390. The van der Waals surface area contributed by atoms with E-state index in [1.165, 1.54) is 42.7 Å². The van der Waals surface area contributed by atoms with Crippen molar-refractivity contribution in [3.8, 4) is 34.5 Å². The van der Waals surface area contributed by atoms with E-state index in [9.17, 15) is 9.59 Å². The van der Waals surface area contributed by atoms with Gasteiger partial charge in [0.25, 0.3) is 11.8 Å². The van der Waals surface area contributed by atoms with Crippen LogP contribution in [0.15, 0.2) is 42.5 Å². The fourth-order valence-electron chi connectivity index (χ4n) is 4.62. The van der Waals surface area contributed by atoms with Gasteiger partial charge in [-0.2, -0.15) is 0 Å². The van der Waals surface area contributed by atoms with Crippen molar-refractivity contribution >= 4 is 28.9 Å². The van der Waals surface area contributed by atoms with E-state index in [4.69, 9.17) is 33.2 Å². The fraction of sp³-hybridized carbons (Fsp3) is 0.333. The molecular formula is C30H35N3O9. The number of morpholine rings is 1. The smallest absolute Gasteiger partial charge is 0.255 e. The number of hydrogen-bond acceptors (Lipinski definition) is 10. The minimum Gasteiger partial charge on any atom is -0.493 e. The summed E-state index contributed by atoms with van der Waals surface area (Å²) in [6, 6.07) is 11.6. The number of carbonyl (C=O) groups excluding carboxylic acids is 2. The van der Waals surface area contributed by atoms with Gasteiger partial charge in [-0.1, -0.05) is 0 Å². The third-order valence-corrected chi connectivity index (χ3v) is 6.71. The number of amides is 2. The standard InChI is InChI=1S/C30H35N3O9/c1-36-23-13-18(14-24(37-2)27(23)40-5)29(34)31-20-7-8-22(33-9-11-42-12-10-33)21(17-20)32-30(35)19-15-25(38-3)28(41-6)26(16-19)39-4/h7-8,13-17H,9-12H2,1-6H3,(H,31,34)(H,32,35). The van der Waals surface area contributed by atoms with Crippen LogP contribution in [0.1, 0.15) is 20.7 Å². The predicted octanol–water partition coefficient (Wildman–Crippen LogP) is 4.08. The Morgan fingerprint density at radius 1 is 0.643 bits per heavy atom. The van der Waals surface area contributed by atoms with Crippen molar-refractivity contribution in [1.29, 1.82) is 0 Å². The van der Waals surface area contributed by atoms with Gasteiger partial charge < -0.3 is 48.7 Å². The second-order valence-electron chi connectivity index (χ2n) is 9.07. The lowest BCUT2D eigenvalue weighted by molar-refractivity contribution is 0.101. The molecule has 1 saturated heterocycles. The number of hydrogen-bond donors (Lipinski definition) is 2. The highest BCUT2D eigenvalue weighted by Gasteiger charge is 2.22. The van der Waals surface area contributed by atoms with Gasteiger partial charge in [0.05, 0.1) is 67.2 Å². The lowest BCUT2D eigenvalue weighted by Gasteiger charge is -2.31. The molecule has 42 heavy (non-hydrogen) atoms. The molecule has 12 heteroatoms. The first kappa shape index (κ1) is 30.1. The highest BCUT2D eigenvalue weighted by Crippen LogP contribution is 2.40. The maximum atomic E-state index is 13.5. The van der Waals surface area contributed by atoms with Gasteiger partial charge in [0, 0.05) is 29.9 Å². The highest BCUT2D eigenvalue weighted by atomic mass is 16.5. The molecule has 3 aromatic carbocycles. The van der Waals surface area contributed by atoms with Crippen LogP contribution in [0.25, 0.3) is 0 Å². The zero-order valence-electron chi connectivity index (χ0n) is 24.5. The van der Waals surface area contributed by atoms with E-state index in [1.807, 2.05) is 6.07 Å². The Balaban J connectivity index is 1.67. The number of carbonyl (C=O) groups is 2. The van der Waals surface area contributed by atoms with Crippen LogP contribution < -0.4 is 44.0 Å². The van der Waals surface area contributed by atoms with Crippen molar-refractivity contribution in [1.82, 2.24) is 0 Å². The molecule has 0 aliphatic carbocycles. The van der Waals surface area contributed by atoms with Crippen LogP contribution >= 0.6 is 0 Å². The summed E-state index contributed by atoms with van der Waals surface area (Å²) in [5.41, 5.74) is 2.34. The molecule has 1 fully saturated rings. The molecule has 1 aliphatic rings.